The van der Waals surface area contributed by atoms with Crippen molar-refractivity contribution in [1.29, 1.82) is 0 Å². The minimum absolute atomic E-state index is 0.0830. The van der Waals surface area contributed by atoms with E-state index in [1.165, 1.54) is 11.3 Å². The van der Waals surface area contributed by atoms with Crippen molar-refractivity contribution in [3.63, 3.8) is 0 Å². The SMILES string of the molecule is COCCNC(=O)c1sc2ccccc2c1[C@@H]1CCN(C(=O)c2cc3ccccc3o2)C1. The van der Waals surface area contributed by atoms with Crippen molar-refractivity contribution in [2.45, 2.75) is 12.3 Å². The summed E-state index contributed by atoms with van der Waals surface area (Å²) in [5, 5.41) is 4.97. The molecule has 1 atom stereocenters. The Labute approximate surface area is 189 Å². The summed E-state index contributed by atoms with van der Waals surface area (Å²) in [5.41, 5.74) is 1.76. The third kappa shape index (κ3) is 3.78. The first-order valence-corrected chi connectivity index (χ1v) is 11.5. The first-order chi connectivity index (χ1) is 15.7. The smallest absolute Gasteiger partial charge is 0.289 e. The van der Waals surface area contributed by atoms with E-state index in [-0.39, 0.29) is 17.7 Å². The van der Waals surface area contributed by atoms with Crippen molar-refractivity contribution >= 4 is 44.2 Å². The van der Waals surface area contributed by atoms with E-state index in [1.54, 1.807) is 13.2 Å². The van der Waals surface area contributed by atoms with Gasteiger partial charge in [0, 0.05) is 42.7 Å². The van der Waals surface area contributed by atoms with Gasteiger partial charge >= 0.3 is 0 Å². The molecule has 0 spiro atoms. The molecule has 5 rings (SSSR count). The van der Waals surface area contributed by atoms with E-state index in [0.29, 0.717) is 37.6 Å². The number of fused-ring (bicyclic) bond motifs is 2. The number of amides is 2. The molecular weight excluding hydrogens is 424 g/mol. The molecule has 1 saturated heterocycles. The molecule has 2 amide bonds. The lowest BCUT2D eigenvalue weighted by atomic mass is 9.95. The number of hydrogen-bond donors (Lipinski definition) is 1. The van der Waals surface area contributed by atoms with Gasteiger partial charge in [0.2, 0.25) is 0 Å². The van der Waals surface area contributed by atoms with Gasteiger partial charge in [-0.3, -0.25) is 9.59 Å². The molecule has 7 heteroatoms. The van der Waals surface area contributed by atoms with Crippen LogP contribution >= 0.6 is 11.3 Å². The van der Waals surface area contributed by atoms with Crippen LogP contribution in [0.2, 0.25) is 0 Å². The summed E-state index contributed by atoms with van der Waals surface area (Å²) < 4.78 is 11.9. The maximum absolute atomic E-state index is 13.1. The number of furan rings is 1. The topological polar surface area (TPSA) is 71.8 Å². The lowest BCUT2D eigenvalue weighted by Gasteiger charge is -2.16. The molecule has 4 aromatic rings. The van der Waals surface area contributed by atoms with Crippen LogP contribution in [0.3, 0.4) is 0 Å². The van der Waals surface area contributed by atoms with Crippen LogP contribution in [0.25, 0.3) is 21.1 Å². The number of para-hydroxylation sites is 1. The van der Waals surface area contributed by atoms with Crippen molar-refractivity contribution in [1.82, 2.24) is 10.2 Å². The summed E-state index contributed by atoms with van der Waals surface area (Å²) in [6.07, 6.45) is 0.811. The second-order valence-corrected chi connectivity index (χ2v) is 9.03. The molecule has 32 heavy (non-hydrogen) atoms. The number of carbonyl (C=O) groups excluding carboxylic acids is 2. The third-order valence-electron chi connectivity index (χ3n) is 5.95. The van der Waals surface area contributed by atoms with Crippen LogP contribution in [0.5, 0.6) is 0 Å². The lowest BCUT2D eigenvalue weighted by molar-refractivity contribution is 0.0761. The quantitative estimate of drug-likeness (QED) is 0.436. The maximum atomic E-state index is 13.1. The zero-order chi connectivity index (χ0) is 22.1. The molecule has 0 aliphatic carbocycles. The van der Waals surface area contributed by atoms with Gasteiger partial charge in [-0.15, -0.1) is 11.3 Å². The van der Waals surface area contributed by atoms with E-state index in [0.717, 1.165) is 32.3 Å². The number of ether oxygens (including phenoxy) is 1. The monoisotopic (exact) mass is 448 g/mol. The van der Waals surface area contributed by atoms with Crippen LogP contribution in [0.1, 0.15) is 38.1 Å². The number of benzene rings is 2. The Morgan fingerprint density at radius 2 is 2.00 bits per heavy atom. The molecule has 1 fully saturated rings. The van der Waals surface area contributed by atoms with Gasteiger partial charge in [-0.2, -0.15) is 0 Å². The Kier molecular flexibility index (Phi) is 5.68. The second-order valence-electron chi connectivity index (χ2n) is 7.97. The Balaban J connectivity index is 1.41. The molecule has 2 aromatic carbocycles. The largest absolute Gasteiger partial charge is 0.451 e. The number of likely N-dealkylation sites (tertiary alicyclic amines) is 1. The zero-order valence-corrected chi connectivity index (χ0v) is 18.6. The molecule has 2 aromatic heterocycles. The molecule has 1 aliphatic rings. The minimum Gasteiger partial charge on any atom is -0.451 e. The molecular formula is C25H24N2O4S. The first-order valence-electron chi connectivity index (χ1n) is 10.7. The minimum atomic E-state index is -0.102. The third-order valence-corrected chi connectivity index (χ3v) is 7.14. The van der Waals surface area contributed by atoms with Gasteiger partial charge in [-0.25, -0.2) is 0 Å². The number of nitrogens with one attached hydrogen (secondary N) is 1. The van der Waals surface area contributed by atoms with Crippen LogP contribution in [0.15, 0.2) is 59.0 Å². The zero-order valence-electron chi connectivity index (χ0n) is 17.8. The summed E-state index contributed by atoms with van der Waals surface area (Å²) in [5.74, 6) is 0.275. The highest BCUT2D eigenvalue weighted by Gasteiger charge is 2.33. The van der Waals surface area contributed by atoms with Crippen molar-refractivity contribution in [2.24, 2.45) is 0 Å². The number of methoxy groups -OCH3 is 1. The number of nitrogens with zero attached hydrogens (tertiary/aromatic N) is 1. The molecule has 0 unspecified atom stereocenters. The van der Waals surface area contributed by atoms with Crippen LogP contribution < -0.4 is 5.32 Å². The second kappa shape index (κ2) is 8.76. The van der Waals surface area contributed by atoms with Crippen molar-refractivity contribution in [3.05, 3.63) is 70.8 Å². The van der Waals surface area contributed by atoms with Gasteiger partial charge in [0.1, 0.15) is 5.58 Å². The summed E-state index contributed by atoms with van der Waals surface area (Å²) in [6.45, 7) is 2.13. The first kappa shape index (κ1) is 20.7. The van der Waals surface area contributed by atoms with Crippen molar-refractivity contribution in [3.8, 4) is 0 Å². The van der Waals surface area contributed by atoms with Crippen LogP contribution in [-0.2, 0) is 4.74 Å². The van der Waals surface area contributed by atoms with Crippen molar-refractivity contribution < 1.29 is 18.7 Å². The van der Waals surface area contributed by atoms with Crippen molar-refractivity contribution in [2.75, 3.05) is 33.4 Å². The highest BCUT2D eigenvalue weighted by molar-refractivity contribution is 7.21. The normalized spacial score (nSPS) is 16.2. The van der Waals surface area contributed by atoms with Gasteiger partial charge < -0.3 is 19.4 Å². The van der Waals surface area contributed by atoms with Gasteiger partial charge in [-0.1, -0.05) is 36.4 Å². The van der Waals surface area contributed by atoms with Gasteiger partial charge in [0.05, 0.1) is 11.5 Å². The summed E-state index contributed by atoms with van der Waals surface area (Å²) in [4.78, 5) is 28.6. The molecule has 6 nitrogen and oxygen atoms in total. The summed E-state index contributed by atoms with van der Waals surface area (Å²) in [7, 11) is 1.61. The highest BCUT2D eigenvalue weighted by Crippen LogP contribution is 2.40. The fourth-order valence-electron chi connectivity index (χ4n) is 4.41. The summed E-state index contributed by atoms with van der Waals surface area (Å²) in [6, 6.07) is 17.5. The van der Waals surface area contributed by atoms with E-state index >= 15 is 0 Å². The highest BCUT2D eigenvalue weighted by atomic mass is 32.1. The standard InChI is InChI=1S/C25H24N2O4S/c1-30-13-11-26-24(28)23-22(18-7-3-5-9-21(18)32-23)17-10-12-27(15-17)25(29)20-14-16-6-2-4-8-19(16)31-20/h2-9,14,17H,10-13,15H2,1H3,(H,26,28)/t17-/m1/s1. The van der Waals surface area contributed by atoms with E-state index in [9.17, 15) is 9.59 Å². The Hall–Kier alpha value is -3.16. The molecule has 0 saturated carbocycles. The molecule has 164 valence electrons. The predicted octanol–water partition coefficient (Wildman–Crippen LogP) is 4.65. The van der Waals surface area contributed by atoms with Gasteiger partial charge in [0.25, 0.3) is 11.8 Å². The fraction of sp³-hybridized carbons (Fsp3) is 0.280. The molecule has 0 bridgehead atoms. The average Bonchev–Trinajstić information content (AvgIpc) is 3.54. The predicted molar refractivity (Wildman–Crippen MR) is 126 cm³/mol. The fourth-order valence-corrected chi connectivity index (χ4v) is 5.62. The van der Waals surface area contributed by atoms with Gasteiger partial charge in [-0.05, 0) is 35.6 Å². The maximum Gasteiger partial charge on any atom is 0.289 e. The number of hydrogen-bond acceptors (Lipinski definition) is 5. The molecule has 0 radical (unpaired) electrons. The number of carbonyl (C=O) groups is 2. The van der Waals surface area contributed by atoms with E-state index in [2.05, 4.69) is 11.4 Å². The summed E-state index contributed by atoms with van der Waals surface area (Å²) >= 11 is 1.51. The number of rotatable bonds is 6. The number of thiophene rings is 1. The Morgan fingerprint density at radius 1 is 1.19 bits per heavy atom. The Morgan fingerprint density at radius 3 is 2.84 bits per heavy atom. The average molecular weight is 449 g/mol. The molecule has 3 heterocycles. The molecule has 1 aliphatic heterocycles. The lowest BCUT2D eigenvalue weighted by Crippen LogP contribution is -2.29. The van der Waals surface area contributed by atoms with Crippen LogP contribution in [0, 0.1) is 0 Å². The molecule has 1 N–H and O–H groups in total. The van der Waals surface area contributed by atoms with E-state index in [4.69, 9.17) is 9.15 Å². The van der Waals surface area contributed by atoms with Gasteiger partial charge in [0.15, 0.2) is 5.76 Å². The van der Waals surface area contributed by atoms with E-state index < -0.39 is 0 Å². The van der Waals surface area contributed by atoms with Crippen LogP contribution in [0.4, 0.5) is 0 Å². The Bertz CT molecular complexity index is 1260. The van der Waals surface area contributed by atoms with Crippen LogP contribution in [-0.4, -0.2) is 50.1 Å². The van der Waals surface area contributed by atoms with E-state index in [1.807, 2.05) is 47.4 Å².